The molecule has 24 heavy (non-hydrogen) atoms. The van der Waals surface area contributed by atoms with Crippen LogP contribution >= 0.6 is 0 Å². The van der Waals surface area contributed by atoms with Gasteiger partial charge in [0, 0.05) is 38.4 Å². The molecule has 0 aliphatic carbocycles. The van der Waals surface area contributed by atoms with Gasteiger partial charge in [0.25, 0.3) is 0 Å². The van der Waals surface area contributed by atoms with E-state index in [1.54, 1.807) is 0 Å². The highest BCUT2D eigenvalue weighted by atomic mass is 19.1. The highest BCUT2D eigenvalue weighted by molar-refractivity contribution is 5.89. The van der Waals surface area contributed by atoms with Crippen molar-refractivity contribution < 1.29 is 9.18 Å². The molecule has 5 heteroatoms. The fourth-order valence-corrected chi connectivity index (χ4v) is 2.90. The molecule has 126 valence electrons. The van der Waals surface area contributed by atoms with Gasteiger partial charge >= 0.3 is 6.03 Å². The molecule has 0 radical (unpaired) electrons. The smallest absolute Gasteiger partial charge is 0.321 e. The molecular weight excluding hydrogens is 305 g/mol. The van der Waals surface area contributed by atoms with Crippen LogP contribution in [0.15, 0.2) is 54.6 Å². The molecular formula is C19H22FN3O. The summed E-state index contributed by atoms with van der Waals surface area (Å²) >= 11 is 0. The number of nitrogens with one attached hydrogen (secondary N) is 1. The van der Waals surface area contributed by atoms with Crippen LogP contribution in [0.2, 0.25) is 0 Å². The molecule has 0 saturated carbocycles. The van der Waals surface area contributed by atoms with Crippen LogP contribution in [-0.2, 0) is 6.54 Å². The van der Waals surface area contributed by atoms with Crippen molar-refractivity contribution in [1.29, 1.82) is 0 Å². The largest absolute Gasteiger partial charge is 0.323 e. The van der Waals surface area contributed by atoms with Crippen molar-refractivity contribution in [2.75, 3.05) is 31.5 Å². The van der Waals surface area contributed by atoms with Gasteiger partial charge in [-0.2, -0.15) is 0 Å². The molecule has 0 atom stereocenters. The van der Waals surface area contributed by atoms with Crippen molar-refractivity contribution in [3.8, 4) is 0 Å². The van der Waals surface area contributed by atoms with Gasteiger partial charge in [-0.25, -0.2) is 9.18 Å². The molecule has 3 rings (SSSR count). The number of hydrogen-bond donors (Lipinski definition) is 1. The van der Waals surface area contributed by atoms with E-state index >= 15 is 0 Å². The first kappa shape index (κ1) is 16.5. The van der Waals surface area contributed by atoms with Crippen molar-refractivity contribution in [2.24, 2.45) is 0 Å². The minimum Gasteiger partial charge on any atom is -0.323 e. The van der Waals surface area contributed by atoms with E-state index in [9.17, 15) is 9.18 Å². The van der Waals surface area contributed by atoms with Gasteiger partial charge in [-0.1, -0.05) is 30.3 Å². The van der Waals surface area contributed by atoms with Gasteiger partial charge in [0.15, 0.2) is 0 Å². The predicted octanol–water partition coefficient (Wildman–Crippen LogP) is 3.57. The first-order valence-electron chi connectivity index (χ1n) is 8.28. The Morgan fingerprint density at radius 1 is 0.958 bits per heavy atom. The maximum Gasteiger partial charge on any atom is 0.321 e. The standard InChI is InChI=1S/C19H22FN3O/c20-17-9-7-16(8-10-17)15-22-11-4-12-23(14-13-22)19(24)21-18-5-2-1-3-6-18/h1-3,5-10H,4,11-15H2,(H,21,24). The maximum absolute atomic E-state index is 13.0. The van der Waals surface area contributed by atoms with Crippen molar-refractivity contribution >= 4 is 11.7 Å². The van der Waals surface area contributed by atoms with Crippen LogP contribution in [0.4, 0.5) is 14.9 Å². The van der Waals surface area contributed by atoms with Gasteiger partial charge < -0.3 is 10.2 Å². The molecule has 2 aromatic carbocycles. The Bertz CT molecular complexity index is 660. The van der Waals surface area contributed by atoms with Gasteiger partial charge in [-0.15, -0.1) is 0 Å². The number of rotatable bonds is 3. The maximum atomic E-state index is 13.0. The van der Waals surface area contributed by atoms with Crippen molar-refractivity contribution in [3.05, 3.63) is 66.0 Å². The lowest BCUT2D eigenvalue weighted by molar-refractivity contribution is 0.211. The Kier molecular flexibility index (Phi) is 5.43. The summed E-state index contributed by atoms with van der Waals surface area (Å²) in [6.07, 6.45) is 0.934. The average Bonchev–Trinajstić information content (AvgIpc) is 2.83. The van der Waals surface area contributed by atoms with Crippen molar-refractivity contribution in [3.63, 3.8) is 0 Å². The van der Waals surface area contributed by atoms with Gasteiger partial charge in [-0.05, 0) is 36.2 Å². The van der Waals surface area contributed by atoms with Gasteiger partial charge in [0.2, 0.25) is 0 Å². The average molecular weight is 327 g/mol. The van der Waals surface area contributed by atoms with E-state index in [4.69, 9.17) is 0 Å². The highest BCUT2D eigenvalue weighted by Crippen LogP contribution is 2.12. The van der Waals surface area contributed by atoms with Crippen molar-refractivity contribution in [1.82, 2.24) is 9.80 Å². The monoisotopic (exact) mass is 327 g/mol. The van der Waals surface area contributed by atoms with Gasteiger partial charge in [-0.3, -0.25) is 4.90 Å². The second kappa shape index (κ2) is 7.93. The summed E-state index contributed by atoms with van der Waals surface area (Å²) in [6, 6.07) is 16.1. The molecule has 4 nitrogen and oxygen atoms in total. The molecule has 1 N–H and O–H groups in total. The number of amides is 2. The molecule has 1 fully saturated rings. The molecule has 2 amide bonds. The number of halogens is 1. The van der Waals surface area contributed by atoms with Crippen LogP contribution < -0.4 is 5.32 Å². The fourth-order valence-electron chi connectivity index (χ4n) is 2.90. The number of para-hydroxylation sites is 1. The summed E-state index contributed by atoms with van der Waals surface area (Å²) in [4.78, 5) is 16.5. The SMILES string of the molecule is O=C(Nc1ccccc1)N1CCCN(Cc2ccc(F)cc2)CC1. The third kappa shape index (κ3) is 4.55. The number of nitrogens with zero attached hydrogens (tertiary/aromatic N) is 2. The normalized spacial score (nSPS) is 15.8. The zero-order valence-electron chi connectivity index (χ0n) is 13.6. The zero-order chi connectivity index (χ0) is 16.8. The van der Waals surface area contributed by atoms with Crippen molar-refractivity contribution in [2.45, 2.75) is 13.0 Å². The Hall–Kier alpha value is -2.40. The zero-order valence-corrected chi connectivity index (χ0v) is 13.6. The van der Waals surface area contributed by atoms with Crippen LogP contribution in [0.5, 0.6) is 0 Å². The van der Waals surface area contributed by atoms with Crippen LogP contribution in [0.25, 0.3) is 0 Å². The second-order valence-corrected chi connectivity index (χ2v) is 6.04. The van der Waals surface area contributed by atoms with E-state index in [0.717, 1.165) is 43.9 Å². The molecule has 1 saturated heterocycles. The van der Waals surface area contributed by atoms with E-state index in [0.29, 0.717) is 6.54 Å². The lowest BCUT2D eigenvalue weighted by Crippen LogP contribution is -2.38. The fraction of sp³-hybridized carbons (Fsp3) is 0.316. The van der Waals surface area contributed by atoms with Gasteiger partial charge in [0.1, 0.15) is 5.82 Å². The Balaban J connectivity index is 1.52. The number of anilines is 1. The number of carbonyl (C=O) groups excluding carboxylic acids is 1. The van der Waals surface area contributed by atoms with Crippen LogP contribution in [0.3, 0.4) is 0 Å². The molecule has 1 heterocycles. The molecule has 0 spiro atoms. The third-order valence-electron chi connectivity index (χ3n) is 4.22. The molecule has 2 aromatic rings. The number of hydrogen-bond acceptors (Lipinski definition) is 2. The van der Waals surface area contributed by atoms with E-state index in [1.807, 2.05) is 47.4 Å². The van der Waals surface area contributed by atoms with E-state index in [1.165, 1.54) is 12.1 Å². The molecule has 0 aromatic heterocycles. The molecule has 1 aliphatic rings. The quantitative estimate of drug-likeness (QED) is 0.935. The lowest BCUT2D eigenvalue weighted by Gasteiger charge is -2.22. The minimum atomic E-state index is -0.210. The third-order valence-corrected chi connectivity index (χ3v) is 4.22. The van der Waals surface area contributed by atoms with E-state index < -0.39 is 0 Å². The summed E-state index contributed by atoms with van der Waals surface area (Å²) in [5.41, 5.74) is 1.91. The molecule has 0 unspecified atom stereocenters. The first-order chi connectivity index (χ1) is 11.7. The summed E-state index contributed by atoms with van der Waals surface area (Å²) < 4.78 is 13.0. The second-order valence-electron chi connectivity index (χ2n) is 6.04. The van der Waals surface area contributed by atoms with Crippen LogP contribution in [0, 0.1) is 5.82 Å². The number of urea groups is 1. The summed E-state index contributed by atoms with van der Waals surface area (Å²) in [5, 5.41) is 2.94. The van der Waals surface area contributed by atoms with E-state index in [-0.39, 0.29) is 11.8 Å². The minimum absolute atomic E-state index is 0.0511. The number of benzene rings is 2. The predicted molar refractivity (Wildman–Crippen MR) is 93.3 cm³/mol. The summed E-state index contributed by atoms with van der Waals surface area (Å²) in [6.45, 7) is 3.99. The summed E-state index contributed by atoms with van der Waals surface area (Å²) in [7, 11) is 0. The number of carbonyl (C=O) groups is 1. The van der Waals surface area contributed by atoms with Crippen LogP contribution in [0.1, 0.15) is 12.0 Å². The molecule has 1 aliphatic heterocycles. The lowest BCUT2D eigenvalue weighted by atomic mass is 10.2. The Morgan fingerprint density at radius 3 is 2.46 bits per heavy atom. The highest BCUT2D eigenvalue weighted by Gasteiger charge is 2.19. The summed E-state index contributed by atoms with van der Waals surface area (Å²) in [5.74, 6) is -0.210. The first-order valence-corrected chi connectivity index (χ1v) is 8.28. The van der Waals surface area contributed by atoms with Gasteiger partial charge in [0.05, 0.1) is 0 Å². The topological polar surface area (TPSA) is 35.6 Å². The Labute approximate surface area is 141 Å². The molecule has 0 bridgehead atoms. The van der Waals surface area contributed by atoms with E-state index in [2.05, 4.69) is 10.2 Å². The Morgan fingerprint density at radius 2 is 1.71 bits per heavy atom. The van der Waals surface area contributed by atoms with Crippen LogP contribution in [-0.4, -0.2) is 42.0 Å².